The van der Waals surface area contributed by atoms with E-state index < -0.39 is 5.67 Å². The maximum absolute atomic E-state index is 13.3. The zero-order valence-corrected chi connectivity index (χ0v) is 9.60. The number of nitrogens with zero attached hydrogens (tertiary/aromatic N) is 2. The summed E-state index contributed by atoms with van der Waals surface area (Å²) < 4.78 is 14.6. The minimum absolute atomic E-state index is 0.0167. The number of hydrogen-bond donors (Lipinski definition) is 1. The Kier molecular flexibility index (Phi) is 3.34. The number of carbonyl (C=O) groups is 1. The predicted octanol–water partition coefficient (Wildman–Crippen LogP) is 1.64. The second-order valence-electron chi connectivity index (χ2n) is 3.80. The average molecular weight is 234 g/mol. The number of amides is 1. The van der Waals surface area contributed by atoms with Crippen molar-refractivity contribution < 1.29 is 9.18 Å². The molecule has 0 saturated heterocycles. The fourth-order valence-corrected chi connectivity index (χ4v) is 1.36. The second kappa shape index (κ2) is 4.18. The van der Waals surface area contributed by atoms with Crippen LogP contribution in [0.3, 0.4) is 0 Å². The summed E-state index contributed by atoms with van der Waals surface area (Å²) in [7, 11) is 1.50. The van der Waals surface area contributed by atoms with Crippen LogP contribution in [0.15, 0.2) is 6.20 Å². The lowest BCUT2D eigenvalue weighted by molar-refractivity contribution is 0.0962. The van der Waals surface area contributed by atoms with E-state index in [9.17, 15) is 9.18 Å². The molecule has 0 spiro atoms. The first kappa shape index (κ1) is 12.0. The Labute approximate surface area is 92.4 Å². The summed E-state index contributed by atoms with van der Waals surface area (Å²) in [6.07, 6.45) is 1.33. The zero-order valence-electron chi connectivity index (χ0n) is 8.84. The Morgan fingerprint density at radius 2 is 2.33 bits per heavy atom. The molecule has 4 nitrogen and oxygen atoms in total. The normalized spacial score (nSPS) is 11.5. The first-order valence-corrected chi connectivity index (χ1v) is 4.85. The molecule has 0 aliphatic rings. The van der Waals surface area contributed by atoms with E-state index in [0.717, 1.165) is 0 Å². The molecule has 0 aromatic carbocycles. The van der Waals surface area contributed by atoms with E-state index in [2.05, 4.69) is 10.4 Å². The Morgan fingerprint density at radius 1 is 1.73 bits per heavy atom. The summed E-state index contributed by atoms with van der Waals surface area (Å²) in [6, 6.07) is 0. The van der Waals surface area contributed by atoms with Crippen LogP contribution in [-0.2, 0) is 6.54 Å². The van der Waals surface area contributed by atoms with E-state index in [4.69, 9.17) is 11.6 Å². The summed E-state index contributed by atoms with van der Waals surface area (Å²) in [5, 5.41) is 6.43. The number of hydrogen-bond acceptors (Lipinski definition) is 2. The highest BCUT2D eigenvalue weighted by molar-refractivity contribution is 6.32. The number of nitrogens with one attached hydrogen (secondary N) is 1. The lowest BCUT2D eigenvalue weighted by Gasteiger charge is -2.14. The molecule has 6 heteroatoms. The molecule has 0 radical (unpaired) electrons. The molecular weight excluding hydrogens is 221 g/mol. The number of carbonyl (C=O) groups excluding carboxylic acids is 1. The van der Waals surface area contributed by atoms with Crippen LogP contribution in [0.25, 0.3) is 0 Å². The Morgan fingerprint density at radius 3 is 2.80 bits per heavy atom. The largest absolute Gasteiger partial charge is 0.355 e. The molecule has 0 saturated carbocycles. The highest BCUT2D eigenvalue weighted by atomic mass is 35.5. The molecule has 0 atom stereocenters. The molecule has 0 fully saturated rings. The van der Waals surface area contributed by atoms with E-state index >= 15 is 0 Å². The standard InChI is InChI=1S/C9H13ClFN3O/c1-9(2,11)5-14-7(10)6(4-13-14)8(15)12-3/h4H,5H2,1-3H3,(H,12,15). The van der Waals surface area contributed by atoms with Crippen molar-refractivity contribution in [3.63, 3.8) is 0 Å². The summed E-state index contributed by atoms with van der Waals surface area (Å²) in [5.41, 5.74) is -1.17. The molecule has 0 unspecified atom stereocenters. The van der Waals surface area contributed by atoms with Crippen LogP contribution in [0, 0.1) is 0 Å². The van der Waals surface area contributed by atoms with Gasteiger partial charge in [0.2, 0.25) is 0 Å². The summed E-state index contributed by atoms with van der Waals surface area (Å²) >= 11 is 5.88. The molecule has 84 valence electrons. The molecule has 1 aromatic heterocycles. The highest BCUT2D eigenvalue weighted by Crippen LogP contribution is 2.19. The first-order chi connectivity index (χ1) is 6.85. The molecule has 1 aromatic rings. The summed E-state index contributed by atoms with van der Waals surface area (Å²) in [6.45, 7) is 2.86. The maximum Gasteiger partial charge on any atom is 0.255 e. The second-order valence-corrected chi connectivity index (χ2v) is 4.16. The van der Waals surface area contributed by atoms with Gasteiger partial charge in [-0.1, -0.05) is 11.6 Å². The number of rotatable bonds is 3. The number of aromatic nitrogens is 2. The fraction of sp³-hybridized carbons (Fsp3) is 0.556. The SMILES string of the molecule is CNC(=O)c1cnn(CC(C)(C)F)c1Cl. The zero-order chi connectivity index (χ0) is 11.6. The van der Waals surface area contributed by atoms with Crippen molar-refractivity contribution in [1.29, 1.82) is 0 Å². The van der Waals surface area contributed by atoms with Gasteiger partial charge in [0.05, 0.1) is 18.3 Å². The van der Waals surface area contributed by atoms with Crippen molar-refractivity contribution in [2.75, 3.05) is 7.05 Å². The van der Waals surface area contributed by atoms with Crippen LogP contribution in [0.2, 0.25) is 5.15 Å². The van der Waals surface area contributed by atoms with Gasteiger partial charge in [-0.25, -0.2) is 9.07 Å². The van der Waals surface area contributed by atoms with Gasteiger partial charge in [0.15, 0.2) is 0 Å². The van der Waals surface area contributed by atoms with Crippen molar-refractivity contribution in [3.05, 3.63) is 16.9 Å². The number of alkyl halides is 1. The monoisotopic (exact) mass is 233 g/mol. The van der Waals surface area contributed by atoms with Crippen LogP contribution in [0.5, 0.6) is 0 Å². The summed E-state index contributed by atoms with van der Waals surface area (Å²) in [4.78, 5) is 11.3. The quantitative estimate of drug-likeness (QED) is 0.863. The molecular formula is C9H13ClFN3O. The van der Waals surface area contributed by atoms with Gasteiger partial charge in [-0.3, -0.25) is 4.79 Å². The van der Waals surface area contributed by atoms with Crippen molar-refractivity contribution in [1.82, 2.24) is 15.1 Å². The van der Waals surface area contributed by atoms with E-state index in [1.54, 1.807) is 0 Å². The lowest BCUT2D eigenvalue weighted by atomic mass is 10.2. The Hall–Kier alpha value is -1.10. The van der Waals surface area contributed by atoms with Gasteiger partial charge in [0.25, 0.3) is 5.91 Å². The van der Waals surface area contributed by atoms with Gasteiger partial charge in [-0.2, -0.15) is 5.10 Å². The van der Waals surface area contributed by atoms with Crippen molar-refractivity contribution in [3.8, 4) is 0 Å². The van der Waals surface area contributed by atoms with E-state index in [0.29, 0.717) is 0 Å². The molecule has 1 heterocycles. The van der Waals surface area contributed by atoms with Crippen LogP contribution < -0.4 is 5.32 Å². The molecule has 1 rings (SSSR count). The van der Waals surface area contributed by atoms with Crippen LogP contribution in [0.1, 0.15) is 24.2 Å². The highest BCUT2D eigenvalue weighted by Gasteiger charge is 2.21. The van der Waals surface area contributed by atoms with E-state index in [1.165, 1.54) is 31.8 Å². The van der Waals surface area contributed by atoms with Gasteiger partial charge in [0, 0.05) is 7.05 Å². The lowest BCUT2D eigenvalue weighted by Crippen LogP contribution is -2.22. The van der Waals surface area contributed by atoms with E-state index in [1.807, 2.05) is 0 Å². The minimum Gasteiger partial charge on any atom is -0.355 e. The van der Waals surface area contributed by atoms with Gasteiger partial charge in [0.1, 0.15) is 10.8 Å². The fourth-order valence-electron chi connectivity index (χ4n) is 1.12. The molecule has 1 N–H and O–H groups in total. The molecule has 0 aliphatic heterocycles. The van der Waals surface area contributed by atoms with Crippen molar-refractivity contribution in [2.45, 2.75) is 26.1 Å². The Bertz CT molecular complexity index is 370. The topological polar surface area (TPSA) is 46.9 Å². The molecule has 0 aliphatic carbocycles. The average Bonchev–Trinajstić information content (AvgIpc) is 2.45. The van der Waals surface area contributed by atoms with Crippen molar-refractivity contribution >= 4 is 17.5 Å². The third-order valence-corrected chi connectivity index (χ3v) is 2.17. The molecule has 1 amide bonds. The molecule has 15 heavy (non-hydrogen) atoms. The van der Waals surface area contributed by atoms with Crippen LogP contribution in [-0.4, -0.2) is 28.4 Å². The van der Waals surface area contributed by atoms with Crippen molar-refractivity contribution in [2.24, 2.45) is 0 Å². The predicted molar refractivity (Wildman–Crippen MR) is 55.8 cm³/mol. The molecule has 0 bridgehead atoms. The summed E-state index contributed by atoms with van der Waals surface area (Å²) in [5.74, 6) is -0.331. The van der Waals surface area contributed by atoms with Gasteiger partial charge in [-0.15, -0.1) is 0 Å². The first-order valence-electron chi connectivity index (χ1n) is 4.47. The third kappa shape index (κ3) is 2.92. The smallest absolute Gasteiger partial charge is 0.255 e. The van der Waals surface area contributed by atoms with E-state index in [-0.39, 0.29) is 23.2 Å². The maximum atomic E-state index is 13.3. The van der Waals surface area contributed by atoms with Crippen LogP contribution in [0.4, 0.5) is 4.39 Å². The minimum atomic E-state index is -1.42. The Balaban J connectivity index is 2.94. The van der Waals surface area contributed by atoms with Crippen LogP contribution >= 0.6 is 11.6 Å². The van der Waals surface area contributed by atoms with Gasteiger partial charge < -0.3 is 5.32 Å². The number of halogens is 2. The van der Waals surface area contributed by atoms with Gasteiger partial charge >= 0.3 is 0 Å². The van der Waals surface area contributed by atoms with Gasteiger partial charge in [-0.05, 0) is 13.8 Å². The third-order valence-electron chi connectivity index (χ3n) is 1.77.